The molecular formula is C18H15N5. The molecule has 3 rings (SSSR count). The van der Waals surface area contributed by atoms with E-state index in [1.807, 2.05) is 55.5 Å². The minimum atomic E-state index is 0.626. The van der Waals surface area contributed by atoms with Crippen molar-refractivity contribution >= 4 is 23.0 Å². The van der Waals surface area contributed by atoms with E-state index >= 15 is 0 Å². The lowest BCUT2D eigenvalue weighted by Crippen LogP contribution is -2.01. The van der Waals surface area contributed by atoms with Gasteiger partial charge in [0.2, 0.25) is 0 Å². The van der Waals surface area contributed by atoms with Crippen molar-refractivity contribution in [3.05, 3.63) is 72.1 Å². The van der Waals surface area contributed by atoms with E-state index in [4.69, 9.17) is 5.26 Å². The van der Waals surface area contributed by atoms with Gasteiger partial charge in [-0.05, 0) is 43.3 Å². The van der Waals surface area contributed by atoms with Crippen LogP contribution < -0.4 is 10.6 Å². The van der Waals surface area contributed by atoms with Crippen molar-refractivity contribution in [2.45, 2.75) is 6.92 Å². The zero-order chi connectivity index (χ0) is 16.1. The lowest BCUT2D eigenvalue weighted by atomic mass is 10.2. The molecule has 0 unspecified atom stereocenters. The van der Waals surface area contributed by atoms with Crippen LogP contribution in [0.1, 0.15) is 11.4 Å². The molecule has 112 valence electrons. The van der Waals surface area contributed by atoms with Crippen molar-refractivity contribution in [3.8, 4) is 6.07 Å². The third-order valence-corrected chi connectivity index (χ3v) is 3.17. The van der Waals surface area contributed by atoms with E-state index < -0.39 is 0 Å². The van der Waals surface area contributed by atoms with Crippen molar-refractivity contribution in [1.29, 1.82) is 5.26 Å². The van der Waals surface area contributed by atoms with Crippen LogP contribution in [0, 0.1) is 18.3 Å². The topological polar surface area (TPSA) is 73.6 Å². The zero-order valence-electron chi connectivity index (χ0n) is 12.6. The summed E-state index contributed by atoms with van der Waals surface area (Å²) >= 11 is 0. The van der Waals surface area contributed by atoms with Crippen LogP contribution in [0.5, 0.6) is 0 Å². The van der Waals surface area contributed by atoms with Gasteiger partial charge in [0.05, 0.1) is 11.6 Å². The summed E-state index contributed by atoms with van der Waals surface area (Å²) in [6, 6.07) is 21.0. The first kappa shape index (κ1) is 14.5. The van der Waals surface area contributed by atoms with Gasteiger partial charge in [-0.1, -0.05) is 18.2 Å². The number of hydrogen-bond acceptors (Lipinski definition) is 5. The lowest BCUT2D eigenvalue weighted by Gasteiger charge is -2.10. The Morgan fingerprint density at radius 3 is 1.96 bits per heavy atom. The Morgan fingerprint density at radius 1 is 0.826 bits per heavy atom. The van der Waals surface area contributed by atoms with Gasteiger partial charge in [0.1, 0.15) is 17.5 Å². The average molecular weight is 301 g/mol. The summed E-state index contributed by atoms with van der Waals surface area (Å²) in [6.07, 6.45) is 0. The molecule has 0 fully saturated rings. The minimum absolute atomic E-state index is 0.626. The number of nitriles is 1. The highest BCUT2D eigenvalue weighted by atomic mass is 15.1. The number of para-hydroxylation sites is 1. The molecule has 0 amide bonds. The van der Waals surface area contributed by atoms with Crippen molar-refractivity contribution in [2.24, 2.45) is 0 Å². The molecule has 0 aliphatic rings. The molecule has 0 atom stereocenters. The van der Waals surface area contributed by atoms with Gasteiger partial charge in [-0.2, -0.15) is 5.26 Å². The molecule has 3 aromatic rings. The summed E-state index contributed by atoms with van der Waals surface area (Å²) in [5, 5.41) is 15.3. The van der Waals surface area contributed by atoms with Gasteiger partial charge in [0.25, 0.3) is 0 Å². The van der Waals surface area contributed by atoms with Gasteiger partial charge in [-0.25, -0.2) is 9.97 Å². The SMILES string of the molecule is Cc1nc(Nc2ccccc2)cc(Nc2ccc(C#N)cc2)n1. The van der Waals surface area contributed by atoms with E-state index in [0.717, 1.165) is 17.2 Å². The summed E-state index contributed by atoms with van der Waals surface area (Å²) in [5.41, 5.74) is 2.46. The van der Waals surface area contributed by atoms with Crippen LogP contribution in [0.4, 0.5) is 23.0 Å². The van der Waals surface area contributed by atoms with Gasteiger partial charge >= 0.3 is 0 Å². The number of anilines is 4. The third kappa shape index (κ3) is 3.83. The highest BCUT2D eigenvalue weighted by Crippen LogP contribution is 2.20. The van der Waals surface area contributed by atoms with E-state index in [9.17, 15) is 0 Å². The molecule has 5 nitrogen and oxygen atoms in total. The molecule has 0 saturated carbocycles. The van der Waals surface area contributed by atoms with Crippen LogP contribution in [-0.2, 0) is 0 Å². The van der Waals surface area contributed by atoms with Gasteiger partial charge in [0, 0.05) is 17.4 Å². The number of rotatable bonds is 4. The summed E-state index contributed by atoms with van der Waals surface area (Å²) in [6.45, 7) is 1.85. The summed E-state index contributed by atoms with van der Waals surface area (Å²) in [4.78, 5) is 8.78. The normalized spacial score (nSPS) is 9.91. The average Bonchev–Trinajstić information content (AvgIpc) is 2.56. The maximum absolute atomic E-state index is 8.83. The molecule has 2 aromatic carbocycles. The molecule has 5 heteroatoms. The smallest absolute Gasteiger partial charge is 0.136 e. The molecule has 0 radical (unpaired) electrons. The fraction of sp³-hybridized carbons (Fsp3) is 0.0556. The van der Waals surface area contributed by atoms with E-state index in [1.165, 1.54) is 0 Å². The second-order valence-corrected chi connectivity index (χ2v) is 4.99. The van der Waals surface area contributed by atoms with E-state index in [2.05, 4.69) is 26.7 Å². The maximum Gasteiger partial charge on any atom is 0.136 e. The highest BCUT2D eigenvalue weighted by molar-refractivity contribution is 5.63. The summed E-state index contributed by atoms with van der Waals surface area (Å²) in [5.74, 6) is 2.09. The molecule has 23 heavy (non-hydrogen) atoms. The first-order chi connectivity index (χ1) is 11.2. The van der Waals surface area contributed by atoms with Crippen LogP contribution in [0.3, 0.4) is 0 Å². The lowest BCUT2D eigenvalue weighted by molar-refractivity contribution is 1.06. The van der Waals surface area contributed by atoms with E-state index in [-0.39, 0.29) is 0 Å². The fourth-order valence-electron chi connectivity index (χ4n) is 2.14. The van der Waals surface area contributed by atoms with Crippen LogP contribution in [0.15, 0.2) is 60.7 Å². The Hall–Kier alpha value is -3.39. The predicted molar refractivity (Wildman–Crippen MR) is 90.9 cm³/mol. The number of hydrogen-bond donors (Lipinski definition) is 2. The summed E-state index contributed by atoms with van der Waals surface area (Å²) < 4.78 is 0. The minimum Gasteiger partial charge on any atom is -0.340 e. The number of nitrogens with one attached hydrogen (secondary N) is 2. The van der Waals surface area contributed by atoms with Crippen molar-refractivity contribution < 1.29 is 0 Å². The van der Waals surface area contributed by atoms with Gasteiger partial charge in [-0.3, -0.25) is 0 Å². The number of aromatic nitrogens is 2. The molecule has 0 aliphatic heterocycles. The first-order valence-corrected chi connectivity index (χ1v) is 7.18. The molecule has 2 N–H and O–H groups in total. The van der Waals surface area contributed by atoms with E-state index in [0.29, 0.717) is 17.2 Å². The monoisotopic (exact) mass is 301 g/mol. The fourth-order valence-corrected chi connectivity index (χ4v) is 2.14. The maximum atomic E-state index is 8.83. The van der Waals surface area contributed by atoms with Gasteiger partial charge < -0.3 is 10.6 Å². The zero-order valence-corrected chi connectivity index (χ0v) is 12.6. The Morgan fingerprint density at radius 2 is 1.39 bits per heavy atom. The Labute approximate surface area is 134 Å². The van der Waals surface area contributed by atoms with Gasteiger partial charge in [0.15, 0.2) is 0 Å². The molecule has 0 bridgehead atoms. The number of aryl methyl sites for hydroxylation is 1. The molecule has 0 saturated heterocycles. The van der Waals surface area contributed by atoms with Crippen LogP contribution in [-0.4, -0.2) is 9.97 Å². The molecule has 1 heterocycles. The first-order valence-electron chi connectivity index (χ1n) is 7.18. The third-order valence-electron chi connectivity index (χ3n) is 3.17. The Kier molecular flexibility index (Phi) is 4.16. The largest absolute Gasteiger partial charge is 0.340 e. The van der Waals surface area contributed by atoms with Crippen molar-refractivity contribution in [3.63, 3.8) is 0 Å². The highest BCUT2D eigenvalue weighted by Gasteiger charge is 2.03. The standard InChI is InChI=1S/C18H15N5/c1-13-20-17(22-15-5-3-2-4-6-15)11-18(21-13)23-16-9-7-14(12-19)8-10-16/h2-11H,1H3,(H2,20,21,22,23). The Balaban J connectivity index is 1.81. The van der Waals surface area contributed by atoms with E-state index in [1.54, 1.807) is 12.1 Å². The van der Waals surface area contributed by atoms with Gasteiger partial charge in [-0.15, -0.1) is 0 Å². The predicted octanol–water partition coefficient (Wildman–Crippen LogP) is 4.14. The second-order valence-electron chi connectivity index (χ2n) is 4.99. The van der Waals surface area contributed by atoms with Crippen LogP contribution in [0.2, 0.25) is 0 Å². The van der Waals surface area contributed by atoms with Crippen molar-refractivity contribution in [1.82, 2.24) is 9.97 Å². The molecule has 0 spiro atoms. The van der Waals surface area contributed by atoms with Crippen LogP contribution in [0.25, 0.3) is 0 Å². The van der Waals surface area contributed by atoms with Crippen LogP contribution >= 0.6 is 0 Å². The molecule has 1 aromatic heterocycles. The Bertz CT molecular complexity index is 836. The van der Waals surface area contributed by atoms with Crippen molar-refractivity contribution in [2.75, 3.05) is 10.6 Å². The number of nitrogens with zero attached hydrogens (tertiary/aromatic N) is 3. The summed E-state index contributed by atoms with van der Waals surface area (Å²) in [7, 11) is 0. The quantitative estimate of drug-likeness (QED) is 0.757. The molecular weight excluding hydrogens is 286 g/mol. The number of benzene rings is 2. The second kappa shape index (κ2) is 6.58. The molecule has 0 aliphatic carbocycles.